The van der Waals surface area contributed by atoms with Gasteiger partial charge in [0.2, 0.25) is 0 Å². The minimum Gasteiger partial charge on any atom is -0.409 e. The number of aryl methyl sites for hydroxylation is 1. The highest BCUT2D eigenvalue weighted by molar-refractivity contribution is 6.73. The molecule has 0 aliphatic heterocycles. The molecular weight excluding hydrogens is 384 g/mol. The van der Waals surface area contributed by atoms with Crippen molar-refractivity contribution >= 4 is 19.9 Å². The smallest absolute Gasteiger partial charge is 0.192 e. The maximum absolute atomic E-state index is 6.96. The van der Waals surface area contributed by atoms with E-state index < -0.39 is 8.32 Å². The number of rotatable bonds is 10. The second-order valence-corrected chi connectivity index (χ2v) is 14.5. The molecule has 0 saturated heterocycles. The zero-order valence-electron chi connectivity index (χ0n) is 18.6. The molecule has 0 amide bonds. The Morgan fingerprint density at radius 1 is 1.18 bits per heavy atom. The van der Waals surface area contributed by atoms with E-state index in [1.165, 1.54) is 19.3 Å². The first-order chi connectivity index (χ1) is 13.3. The second-order valence-electron chi connectivity index (χ2n) is 9.35. The fourth-order valence-corrected chi connectivity index (χ4v) is 8.89. The topological polar surface area (TPSA) is 34.1 Å². The van der Waals surface area contributed by atoms with Crippen molar-refractivity contribution in [2.45, 2.75) is 91.1 Å². The van der Waals surface area contributed by atoms with Gasteiger partial charge in [0.1, 0.15) is 0 Å². The van der Waals surface area contributed by atoms with Crippen molar-refractivity contribution in [1.82, 2.24) is 10.3 Å². The fraction of sp³-hybridized carbons (Fsp3) is 0.783. The Bertz CT molecular complexity index is 638. The Hall–Kier alpha value is -0.423. The van der Waals surface area contributed by atoms with E-state index in [0.29, 0.717) is 11.5 Å². The van der Waals surface area contributed by atoms with Crippen LogP contribution in [0.15, 0.2) is 12.4 Å². The molecule has 1 heterocycles. The number of nitrogens with zero attached hydrogens (tertiary/aromatic N) is 1. The van der Waals surface area contributed by atoms with Gasteiger partial charge in [-0.15, -0.1) is 0 Å². The number of pyridine rings is 1. The van der Waals surface area contributed by atoms with Crippen LogP contribution in [0.4, 0.5) is 0 Å². The molecule has 1 N–H and O–H groups in total. The van der Waals surface area contributed by atoms with Gasteiger partial charge in [-0.1, -0.05) is 52.6 Å². The van der Waals surface area contributed by atoms with E-state index in [9.17, 15) is 0 Å². The molecule has 158 valence electrons. The summed E-state index contributed by atoms with van der Waals surface area (Å²) in [6.07, 6.45) is 7.68. The Morgan fingerprint density at radius 3 is 2.29 bits per heavy atom. The van der Waals surface area contributed by atoms with E-state index in [1.54, 1.807) is 6.20 Å². The van der Waals surface area contributed by atoms with Crippen LogP contribution in [0.5, 0.6) is 0 Å². The molecule has 3 rings (SSSR count). The Balaban J connectivity index is 1.72. The van der Waals surface area contributed by atoms with Crippen molar-refractivity contribution in [3.63, 3.8) is 0 Å². The number of halogens is 1. The molecule has 3 nitrogen and oxygen atoms in total. The molecular formula is C23H39ClN2OSi. The lowest BCUT2D eigenvalue weighted by Crippen LogP contribution is -2.41. The summed E-state index contributed by atoms with van der Waals surface area (Å²) in [5, 5.41) is 4.61. The largest absolute Gasteiger partial charge is 0.409 e. The quantitative estimate of drug-likeness (QED) is 0.435. The molecule has 2 saturated carbocycles. The van der Waals surface area contributed by atoms with E-state index in [2.05, 4.69) is 51.8 Å². The van der Waals surface area contributed by atoms with Crippen molar-refractivity contribution in [1.29, 1.82) is 0 Å². The van der Waals surface area contributed by atoms with E-state index in [0.717, 1.165) is 52.7 Å². The van der Waals surface area contributed by atoms with Crippen LogP contribution >= 0.6 is 11.6 Å². The highest BCUT2D eigenvalue weighted by Crippen LogP contribution is 2.68. The van der Waals surface area contributed by atoms with Crippen molar-refractivity contribution in [2.24, 2.45) is 17.3 Å². The van der Waals surface area contributed by atoms with Crippen molar-refractivity contribution < 1.29 is 4.43 Å². The summed E-state index contributed by atoms with van der Waals surface area (Å²) in [4.78, 5) is 4.27. The summed E-state index contributed by atoms with van der Waals surface area (Å²) in [6, 6.07) is 4.09. The lowest BCUT2D eigenvalue weighted by atomic mass is 9.93. The first kappa shape index (κ1) is 22.3. The van der Waals surface area contributed by atoms with Crippen LogP contribution in [-0.4, -0.2) is 25.9 Å². The summed E-state index contributed by atoms with van der Waals surface area (Å²) >= 11 is 6.61. The van der Waals surface area contributed by atoms with Crippen LogP contribution in [-0.2, 0) is 4.43 Å². The third-order valence-corrected chi connectivity index (χ3v) is 13.2. The Kier molecular flexibility index (Phi) is 6.96. The van der Waals surface area contributed by atoms with Gasteiger partial charge in [0.05, 0.1) is 11.1 Å². The number of fused-ring (bicyclic) bond motifs is 1. The van der Waals surface area contributed by atoms with Crippen LogP contribution in [0, 0.1) is 24.2 Å². The summed E-state index contributed by atoms with van der Waals surface area (Å²) in [6.45, 7) is 14.7. The molecule has 0 bridgehead atoms. The maximum Gasteiger partial charge on any atom is 0.192 e. The van der Waals surface area contributed by atoms with Crippen LogP contribution in [0.1, 0.15) is 71.1 Å². The van der Waals surface area contributed by atoms with Gasteiger partial charge in [0.15, 0.2) is 8.32 Å². The maximum atomic E-state index is 6.96. The van der Waals surface area contributed by atoms with Gasteiger partial charge in [-0.05, 0) is 60.7 Å². The van der Waals surface area contributed by atoms with E-state index in [-0.39, 0.29) is 6.10 Å². The molecule has 0 aromatic carbocycles. The van der Waals surface area contributed by atoms with Crippen LogP contribution in [0.3, 0.4) is 0 Å². The molecule has 0 radical (unpaired) electrons. The summed E-state index contributed by atoms with van der Waals surface area (Å²) in [7, 11) is -1.74. The molecule has 0 spiro atoms. The minimum atomic E-state index is -1.74. The third kappa shape index (κ3) is 4.07. The highest BCUT2D eigenvalue weighted by atomic mass is 35.5. The first-order valence-electron chi connectivity index (χ1n) is 11.3. The van der Waals surface area contributed by atoms with Gasteiger partial charge in [-0.3, -0.25) is 4.98 Å². The predicted octanol–water partition coefficient (Wildman–Crippen LogP) is 6.52. The minimum absolute atomic E-state index is 0.0245. The third-order valence-electron chi connectivity index (χ3n) is 8.29. The van der Waals surface area contributed by atoms with Crippen molar-refractivity contribution in [3.05, 3.63) is 28.5 Å². The standard InChI is InChI=1S/C23H39ClN2OSi/c1-7-23(6)18-11-17(12-19(18)23)26-15-21(27-28(8-2,9-3)10-4)22-16(5)13-25-14-20(22)24/h13-14,17-19,21,26H,7-12,15H2,1-6H3. The zero-order valence-corrected chi connectivity index (χ0v) is 20.4. The molecule has 2 fully saturated rings. The average Bonchev–Trinajstić information content (AvgIpc) is 3.04. The lowest BCUT2D eigenvalue weighted by Gasteiger charge is -2.35. The predicted molar refractivity (Wildman–Crippen MR) is 121 cm³/mol. The molecule has 28 heavy (non-hydrogen) atoms. The molecule has 5 heteroatoms. The SMILES string of the molecule is CCC1(C)C2CC(NCC(O[Si](CC)(CC)CC)c3c(C)cncc3Cl)CC21. The summed E-state index contributed by atoms with van der Waals surface area (Å²) in [5.41, 5.74) is 2.89. The van der Waals surface area contributed by atoms with E-state index in [4.69, 9.17) is 16.0 Å². The summed E-state index contributed by atoms with van der Waals surface area (Å²) < 4.78 is 6.96. The molecule has 1 aromatic rings. The Labute approximate surface area is 178 Å². The van der Waals surface area contributed by atoms with Gasteiger partial charge < -0.3 is 9.74 Å². The molecule has 3 unspecified atom stereocenters. The highest BCUT2D eigenvalue weighted by Gasteiger charge is 2.63. The van der Waals surface area contributed by atoms with Crippen molar-refractivity contribution in [2.75, 3.05) is 6.54 Å². The van der Waals surface area contributed by atoms with E-state index >= 15 is 0 Å². The van der Waals surface area contributed by atoms with Gasteiger partial charge in [0.25, 0.3) is 0 Å². The zero-order chi connectivity index (χ0) is 20.5. The van der Waals surface area contributed by atoms with Gasteiger partial charge in [-0.2, -0.15) is 0 Å². The van der Waals surface area contributed by atoms with Crippen LogP contribution in [0.25, 0.3) is 0 Å². The molecule has 3 atom stereocenters. The number of aromatic nitrogens is 1. The molecule has 1 aromatic heterocycles. The van der Waals surface area contributed by atoms with Crippen LogP contribution < -0.4 is 5.32 Å². The molecule has 2 aliphatic rings. The van der Waals surface area contributed by atoms with Crippen LogP contribution in [0.2, 0.25) is 23.2 Å². The van der Waals surface area contributed by atoms with Gasteiger partial charge in [-0.25, -0.2) is 0 Å². The number of nitrogens with one attached hydrogen (secondary N) is 1. The van der Waals surface area contributed by atoms with E-state index in [1.807, 2.05) is 6.20 Å². The van der Waals surface area contributed by atoms with Gasteiger partial charge >= 0.3 is 0 Å². The second kappa shape index (κ2) is 8.75. The first-order valence-corrected chi connectivity index (χ1v) is 14.3. The lowest BCUT2D eigenvalue weighted by molar-refractivity contribution is 0.177. The monoisotopic (exact) mass is 422 g/mol. The van der Waals surface area contributed by atoms with Crippen molar-refractivity contribution in [3.8, 4) is 0 Å². The summed E-state index contributed by atoms with van der Waals surface area (Å²) in [5.74, 6) is 1.85. The average molecular weight is 423 g/mol. The normalized spacial score (nSPS) is 30.3. The number of hydrogen-bond acceptors (Lipinski definition) is 3. The number of hydrogen-bond donors (Lipinski definition) is 1. The Morgan fingerprint density at radius 2 is 1.79 bits per heavy atom. The molecule has 2 aliphatic carbocycles. The van der Waals surface area contributed by atoms with Gasteiger partial charge in [0, 0.05) is 30.5 Å². The fourth-order valence-electron chi connectivity index (χ4n) is 5.76.